The second-order valence-electron chi connectivity index (χ2n) is 7.55. The Morgan fingerprint density at radius 2 is 1.57 bits per heavy atom. The molecule has 0 spiro atoms. The molecule has 0 aromatic heterocycles. The lowest BCUT2D eigenvalue weighted by atomic mass is 9.61. The van der Waals surface area contributed by atoms with E-state index in [9.17, 15) is 14.7 Å². The number of esters is 2. The normalized spacial score (nSPS) is 27.3. The van der Waals surface area contributed by atoms with Gasteiger partial charge in [-0.3, -0.25) is 15.0 Å². The molecule has 30 heavy (non-hydrogen) atoms. The van der Waals surface area contributed by atoms with Crippen LogP contribution in [0.5, 0.6) is 0 Å². The molecule has 1 aliphatic carbocycles. The summed E-state index contributed by atoms with van der Waals surface area (Å²) in [5, 5.41) is 15.7. The Balaban J connectivity index is 2.12. The highest BCUT2D eigenvalue weighted by molar-refractivity contribution is 6.06. The number of benzene rings is 2. The molecule has 2 aromatic rings. The molecule has 158 valence electrons. The molecular weight excluding hydrogens is 384 g/mol. The van der Waals surface area contributed by atoms with E-state index in [1.807, 2.05) is 60.7 Å². The van der Waals surface area contributed by atoms with Crippen LogP contribution in [0.4, 0.5) is 5.69 Å². The van der Waals surface area contributed by atoms with Gasteiger partial charge in [0.15, 0.2) is 0 Å². The SMILES string of the molecule is COC(=O)[C@@H]1/C(=N\Nc2ccccc2)C[C@](C)(O)[C@@H](C(=O)OC)[C@@H]1c1ccccc1. The topological polar surface area (TPSA) is 97.2 Å². The average Bonchev–Trinajstić information content (AvgIpc) is 2.77. The van der Waals surface area contributed by atoms with E-state index < -0.39 is 35.3 Å². The van der Waals surface area contributed by atoms with Crippen molar-refractivity contribution in [3.63, 3.8) is 0 Å². The maximum Gasteiger partial charge on any atom is 0.315 e. The van der Waals surface area contributed by atoms with Gasteiger partial charge in [0.05, 0.1) is 37.1 Å². The largest absolute Gasteiger partial charge is 0.469 e. The van der Waals surface area contributed by atoms with Crippen LogP contribution in [0.3, 0.4) is 0 Å². The molecule has 1 fully saturated rings. The molecule has 0 radical (unpaired) electrons. The van der Waals surface area contributed by atoms with E-state index in [0.29, 0.717) is 5.71 Å². The minimum Gasteiger partial charge on any atom is -0.469 e. The van der Waals surface area contributed by atoms with Crippen molar-refractivity contribution in [2.75, 3.05) is 19.6 Å². The minimum absolute atomic E-state index is 0.00962. The van der Waals surface area contributed by atoms with Gasteiger partial charge in [0.2, 0.25) is 0 Å². The molecule has 7 heteroatoms. The second-order valence-corrected chi connectivity index (χ2v) is 7.55. The number of nitrogens with one attached hydrogen (secondary N) is 1. The first-order valence-electron chi connectivity index (χ1n) is 9.69. The number of carbonyl (C=O) groups excluding carboxylic acids is 2. The van der Waals surface area contributed by atoms with Crippen LogP contribution in [0.25, 0.3) is 0 Å². The van der Waals surface area contributed by atoms with Gasteiger partial charge in [0.25, 0.3) is 0 Å². The van der Waals surface area contributed by atoms with Crippen molar-refractivity contribution in [2.45, 2.75) is 24.9 Å². The third-order valence-corrected chi connectivity index (χ3v) is 5.48. The van der Waals surface area contributed by atoms with Gasteiger partial charge in [-0.25, -0.2) is 0 Å². The number of carbonyl (C=O) groups is 2. The van der Waals surface area contributed by atoms with Crippen molar-refractivity contribution < 1.29 is 24.2 Å². The van der Waals surface area contributed by atoms with Crippen LogP contribution in [-0.2, 0) is 19.1 Å². The first-order valence-corrected chi connectivity index (χ1v) is 9.69. The minimum atomic E-state index is -1.48. The second kappa shape index (κ2) is 9.09. The van der Waals surface area contributed by atoms with Crippen molar-refractivity contribution in [1.82, 2.24) is 0 Å². The molecule has 7 nitrogen and oxygen atoms in total. The lowest BCUT2D eigenvalue weighted by Gasteiger charge is -2.44. The summed E-state index contributed by atoms with van der Waals surface area (Å²) in [5.74, 6) is -3.64. The van der Waals surface area contributed by atoms with Gasteiger partial charge < -0.3 is 14.6 Å². The lowest BCUT2D eigenvalue weighted by Crippen LogP contribution is -2.55. The number of aliphatic hydroxyl groups is 1. The molecule has 4 atom stereocenters. The van der Waals surface area contributed by atoms with Crippen LogP contribution in [-0.4, -0.2) is 42.6 Å². The maximum atomic E-state index is 12.9. The van der Waals surface area contributed by atoms with E-state index in [-0.39, 0.29) is 6.42 Å². The van der Waals surface area contributed by atoms with Gasteiger partial charge in [0, 0.05) is 12.3 Å². The Morgan fingerprint density at radius 1 is 1.00 bits per heavy atom. The molecule has 0 unspecified atom stereocenters. The van der Waals surface area contributed by atoms with Crippen LogP contribution in [0, 0.1) is 11.8 Å². The summed E-state index contributed by atoms with van der Waals surface area (Å²) in [6.07, 6.45) is 0.00962. The van der Waals surface area contributed by atoms with E-state index in [4.69, 9.17) is 9.47 Å². The van der Waals surface area contributed by atoms with Crippen molar-refractivity contribution in [1.29, 1.82) is 0 Å². The predicted molar refractivity (Wildman–Crippen MR) is 113 cm³/mol. The number of methoxy groups -OCH3 is 2. The molecule has 2 N–H and O–H groups in total. The van der Waals surface area contributed by atoms with Gasteiger partial charge >= 0.3 is 11.9 Å². The summed E-state index contributed by atoms with van der Waals surface area (Å²) >= 11 is 0. The molecule has 3 rings (SSSR count). The van der Waals surface area contributed by atoms with Crippen molar-refractivity contribution in [3.05, 3.63) is 66.2 Å². The third-order valence-electron chi connectivity index (χ3n) is 5.48. The summed E-state index contributed by atoms with van der Waals surface area (Å²) in [4.78, 5) is 25.6. The Hall–Kier alpha value is -3.19. The molecular formula is C23H26N2O5. The quantitative estimate of drug-likeness (QED) is 0.581. The molecule has 0 bridgehead atoms. The zero-order valence-electron chi connectivity index (χ0n) is 17.2. The predicted octanol–water partition coefficient (Wildman–Crippen LogP) is 2.97. The van der Waals surface area contributed by atoms with E-state index in [1.165, 1.54) is 14.2 Å². The number of rotatable bonds is 5. The number of hydrogen-bond acceptors (Lipinski definition) is 7. The van der Waals surface area contributed by atoms with Gasteiger partial charge in [0.1, 0.15) is 5.92 Å². The summed E-state index contributed by atoms with van der Waals surface area (Å²) in [5.41, 5.74) is 3.33. The lowest BCUT2D eigenvalue weighted by molar-refractivity contribution is -0.160. The third kappa shape index (κ3) is 4.36. The standard InChI is InChI=1S/C23H26N2O5/c1-23(28)14-17(25-24-16-12-8-5-9-13-16)19(21(26)29-2)18(20(23)22(27)30-3)15-10-6-4-7-11-15/h4-13,18-20,24,28H,14H2,1-3H3/b25-17-/t18-,19-,20-,23+/m1/s1. The van der Waals surface area contributed by atoms with E-state index in [1.54, 1.807) is 6.92 Å². The van der Waals surface area contributed by atoms with Crippen LogP contribution in [0.2, 0.25) is 0 Å². The van der Waals surface area contributed by atoms with E-state index >= 15 is 0 Å². The van der Waals surface area contributed by atoms with E-state index in [2.05, 4.69) is 10.5 Å². The van der Waals surface area contributed by atoms with Crippen LogP contribution in [0.15, 0.2) is 65.8 Å². The van der Waals surface area contributed by atoms with Gasteiger partial charge in [-0.15, -0.1) is 0 Å². The summed E-state index contributed by atoms with van der Waals surface area (Å²) in [7, 11) is 2.57. The van der Waals surface area contributed by atoms with Crippen molar-refractivity contribution in [2.24, 2.45) is 16.9 Å². The Morgan fingerprint density at radius 3 is 2.13 bits per heavy atom. The van der Waals surface area contributed by atoms with E-state index in [0.717, 1.165) is 11.3 Å². The summed E-state index contributed by atoms with van der Waals surface area (Å²) in [6, 6.07) is 18.4. The highest BCUT2D eigenvalue weighted by Gasteiger charge is 2.56. The van der Waals surface area contributed by atoms with Crippen LogP contribution < -0.4 is 5.43 Å². The molecule has 0 amide bonds. The fourth-order valence-corrected chi connectivity index (χ4v) is 4.13. The van der Waals surface area contributed by atoms with Gasteiger partial charge in [-0.05, 0) is 24.6 Å². The molecule has 1 aliphatic rings. The number of hydrazone groups is 1. The number of nitrogens with zero attached hydrogens (tertiary/aromatic N) is 1. The Labute approximate surface area is 175 Å². The molecule has 0 saturated heterocycles. The molecule has 0 aliphatic heterocycles. The first kappa shape index (κ1) is 21.5. The number of ether oxygens (including phenoxy) is 2. The zero-order chi connectivity index (χ0) is 21.7. The fourth-order valence-electron chi connectivity index (χ4n) is 4.13. The highest BCUT2D eigenvalue weighted by atomic mass is 16.5. The van der Waals surface area contributed by atoms with Gasteiger partial charge in [-0.2, -0.15) is 5.10 Å². The molecule has 2 aromatic carbocycles. The molecule has 0 heterocycles. The van der Waals surface area contributed by atoms with Gasteiger partial charge in [-0.1, -0.05) is 48.5 Å². The summed E-state index contributed by atoms with van der Waals surface area (Å²) < 4.78 is 10.1. The average molecular weight is 410 g/mol. The van der Waals surface area contributed by atoms with Crippen LogP contribution >= 0.6 is 0 Å². The van der Waals surface area contributed by atoms with Crippen molar-refractivity contribution >= 4 is 23.3 Å². The number of para-hydroxylation sites is 1. The number of hydrogen-bond donors (Lipinski definition) is 2. The number of anilines is 1. The Kier molecular flexibility index (Phi) is 6.52. The monoisotopic (exact) mass is 410 g/mol. The van der Waals surface area contributed by atoms with Crippen molar-refractivity contribution in [3.8, 4) is 0 Å². The smallest absolute Gasteiger partial charge is 0.315 e. The Bertz CT molecular complexity index is 912. The zero-order valence-corrected chi connectivity index (χ0v) is 17.2. The summed E-state index contributed by atoms with van der Waals surface area (Å²) in [6.45, 7) is 1.57. The highest BCUT2D eigenvalue weighted by Crippen LogP contribution is 2.47. The first-order chi connectivity index (χ1) is 14.4. The van der Waals surface area contributed by atoms with Crippen LogP contribution in [0.1, 0.15) is 24.8 Å². The maximum absolute atomic E-state index is 12.9. The fraction of sp³-hybridized carbons (Fsp3) is 0.348. The molecule has 1 saturated carbocycles.